The van der Waals surface area contributed by atoms with Gasteiger partial charge in [-0.05, 0) is 43.9 Å². The van der Waals surface area contributed by atoms with Gasteiger partial charge in [-0.1, -0.05) is 0 Å². The molecule has 0 saturated heterocycles. The standard InChI is InChI=1S/C18H24N4O2/c1-23-15-4-3-12(9-16(15)24-2)14-10-21-11-17(22-14)18(20)7-5-13(19)6-8-18/h3-4,9-11,13H,5-8,19-20H2,1-2H3. The predicted molar refractivity (Wildman–Crippen MR) is 92.9 cm³/mol. The lowest BCUT2D eigenvalue weighted by molar-refractivity contribution is 0.271. The second-order valence-corrected chi connectivity index (χ2v) is 6.35. The number of hydrogen-bond donors (Lipinski definition) is 2. The fourth-order valence-corrected chi connectivity index (χ4v) is 3.15. The van der Waals surface area contributed by atoms with Gasteiger partial charge in [-0.15, -0.1) is 0 Å². The summed E-state index contributed by atoms with van der Waals surface area (Å²) in [4.78, 5) is 9.12. The van der Waals surface area contributed by atoms with Gasteiger partial charge >= 0.3 is 0 Å². The van der Waals surface area contributed by atoms with E-state index in [1.54, 1.807) is 26.6 Å². The molecule has 24 heavy (non-hydrogen) atoms. The average molecular weight is 328 g/mol. The Balaban J connectivity index is 1.93. The largest absolute Gasteiger partial charge is 0.493 e. The maximum absolute atomic E-state index is 6.59. The van der Waals surface area contributed by atoms with Gasteiger partial charge in [-0.3, -0.25) is 4.98 Å². The fourth-order valence-electron chi connectivity index (χ4n) is 3.15. The van der Waals surface area contributed by atoms with Crippen molar-refractivity contribution in [3.8, 4) is 22.8 Å². The van der Waals surface area contributed by atoms with Crippen molar-refractivity contribution in [1.82, 2.24) is 9.97 Å². The summed E-state index contributed by atoms with van der Waals surface area (Å²) in [6, 6.07) is 5.94. The Morgan fingerprint density at radius 2 is 1.79 bits per heavy atom. The van der Waals surface area contributed by atoms with Gasteiger partial charge in [0.1, 0.15) is 0 Å². The van der Waals surface area contributed by atoms with Crippen LogP contribution in [0.15, 0.2) is 30.6 Å². The summed E-state index contributed by atoms with van der Waals surface area (Å²) in [7, 11) is 3.23. The monoisotopic (exact) mass is 328 g/mol. The van der Waals surface area contributed by atoms with E-state index in [9.17, 15) is 0 Å². The molecule has 0 aliphatic heterocycles. The Morgan fingerprint density at radius 3 is 2.46 bits per heavy atom. The van der Waals surface area contributed by atoms with Crippen LogP contribution in [-0.4, -0.2) is 30.2 Å². The molecule has 2 aromatic rings. The number of benzene rings is 1. The predicted octanol–water partition coefficient (Wildman–Crippen LogP) is 2.22. The third-order valence-electron chi connectivity index (χ3n) is 4.75. The first-order chi connectivity index (χ1) is 11.6. The van der Waals surface area contributed by atoms with E-state index in [-0.39, 0.29) is 6.04 Å². The lowest BCUT2D eigenvalue weighted by Gasteiger charge is -2.35. The second kappa shape index (κ2) is 6.75. The summed E-state index contributed by atoms with van der Waals surface area (Å²) in [5.41, 5.74) is 14.6. The molecule has 1 aliphatic carbocycles. The van der Waals surface area contributed by atoms with Crippen molar-refractivity contribution >= 4 is 0 Å². The summed E-state index contributed by atoms with van der Waals surface area (Å²) >= 11 is 0. The van der Waals surface area contributed by atoms with Crippen molar-refractivity contribution in [1.29, 1.82) is 0 Å². The molecule has 1 fully saturated rings. The summed E-state index contributed by atoms with van der Waals surface area (Å²) < 4.78 is 10.6. The molecule has 4 N–H and O–H groups in total. The smallest absolute Gasteiger partial charge is 0.161 e. The van der Waals surface area contributed by atoms with E-state index in [0.717, 1.165) is 42.6 Å². The summed E-state index contributed by atoms with van der Waals surface area (Å²) in [5, 5.41) is 0. The quantitative estimate of drug-likeness (QED) is 0.893. The van der Waals surface area contributed by atoms with Gasteiger partial charge < -0.3 is 20.9 Å². The van der Waals surface area contributed by atoms with Crippen LogP contribution in [0.1, 0.15) is 31.4 Å². The number of rotatable bonds is 4. The van der Waals surface area contributed by atoms with Crippen LogP contribution in [0.2, 0.25) is 0 Å². The Morgan fingerprint density at radius 1 is 1.08 bits per heavy atom. The Kier molecular flexibility index (Phi) is 4.69. The molecule has 1 aromatic heterocycles. The van der Waals surface area contributed by atoms with E-state index < -0.39 is 5.54 Å². The van der Waals surface area contributed by atoms with E-state index in [0.29, 0.717) is 11.5 Å². The maximum Gasteiger partial charge on any atom is 0.161 e. The number of methoxy groups -OCH3 is 2. The molecule has 0 radical (unpaired) electrons. The maximum atomic E-state index is 6.59. The number of nitrogens with two attached hydrogens (primary N) is 2. The van der Waals surface area contributed by atoms with E-state index in [1.807, 2.05) is 18.2 Å². The molecule has 1 heterocycles. The molecule has 0 bridgehead atoms. The van der Waals surface area contributed by atoms with Crippen LogP contribution in [-0.2, 0) is 5.54 Å². The third kappa shape index (κ3) is 3.20. The lowest BCUT2D eigenvalue weighted by atomic mass is 9.78. The Labute approximate surface area is 142 Å². The molecule has 0 amide bonds. The molecular formula is C18H24N4O2. The van der Waals surface area contributed by atoms with Crippen LogP contribution >= 0.6 is 0 Å². The Hall–Kier alpha value is -2.18. The van der Waals surface area contributed by atoms with Crippen LogP contribution in [0.3, 0.4) is 0 Å². The third-order valence-corrected chi connectivity index (χ3v) is 4.75. The van der Waals surface area contributed by atoms with Crippen molar-refractivity contribution in [2.75, 3.05) is 14.2 Å². The normalized spacial score (nSPS) is 23.8. The van der Waals surface area contributed by atoms with Crippen molar-refractivity contribution in [3.05, 3.63) is 36.3 Å². The zero-order valence-electron chi connectivity index (χ0n) is 14.2. The molecule has 128 valence electrons. The molecule has 1 saturated carbocycles. The first-order valence-corrected chi connectivity index (χ1v) is 8.15. The fraction of sp³-hybridized carbons (Fsp3) is 0.444. The van der Waals surface area contributed by atoms with E-state index in [2.05, 4.69) is 4.98 Å². The first kappa shape index (κ1) is 16.7. The lowest BCUT2D eigenvalue weighted by Crippen LogP contribution is -2.44. The summed E-state index contributed by atoms with van der Waals surface area (Å²) in [6.07, 6.45) is 7.00. The minimum atomic E-state index is -0.449. The highest BCUT2D eigenvalue weighted by molar-refractivity contribution is 5.63. The van der Waals surface area contributed by atoms with Gasteiger partial charge in [-0.2, -0.15) is 0 Å². The number of hydrogen-bond acceptors (Lipinski definition) is 6. The van der Waals surface area contributed by atoms with Crippen LogP contribution < -0.4 is 20.9 Å². The van der Waals surface area contributed by atoms with Gasteiger partial charge in [0.25, 0.3) is 0 Å². The van der Waals surface area contributed by atoms with E-state index in [1.165, 1.54) is 0 Å². The van der Waals surface area contributed by atoms with Gasteiger partial charge in [0, 0.05) is 11.6 Å². The highest BCUT2D eigenvalue weighted by Gasteiger charge is 2.33. The van der Waals surface area contributed by atoms with Crippen molar-refractivity contribution < 1.29 is 9.47 Å². The number of aromatic nitrogens is 2. The Bertz CT molecular complexity index is 712. The molecule has 0 atom stereocenters. The van der Waals surface area contributed by atoms with E-state index in [4.69, 9.17) is 25.9 Å². The molecule has 6 nitrogen and oxygen atoms in total. The topological polar surface area (TPSA) is 96.3 Å². The second-order valence-electron chi connectivity index (χ2n) is 6.35. The highest BCUT2D eigenvalue weighted by atomic mass is 16.5. The molecule has 0 unspecified atom stereocenters. The van der Waals surface area contributed by atoms with Gasteiger partial charge in [0.2, 0.25) is 0 Å². The molecular weight excluding hydrogens is 304 g/mol. The van der Waals surface area contributed by atoms with Crippen molar-refractivity contribution in [2.24, 2.45) is 11.5 Å². The van der Waals surface area contributed by atoms with Crippen molar-refractivity contribution in [2.45, 2.75) is 37.3 Å². The zero-order chi connectivity index (χ0) is 17.2. The average Bonchev–Trinajstić information content (AvgIpc) is 2.64. The minimum Gasteiger partial charge on any atom is -0.493 e. The zero-order valence-corrected chi connectivity index (χ0v) is 14.2. The number of ether oxygens (including phenoxy) is 2. The SMILES string of the molecule is COc1ccc(-c2cncc(C3(N)CCC(N)CC3)n2)cc1OC. The van der Waals surface area contributed by atoms with Crippen LogP contribution in [0.4, 0.5) is 0 Å². The molecule has 1 aliphatic rings. The number of nitrogens with zero attached hydrogens (tertiary/aromatic N) is 2. The van der Waals surface area contributed by atoms with Crippen LogP contribution in [0.5, 0.6) is 11.5 Å². The van der Waals surface area contributed by atoms with E-state index >= 15 is 0 Å². The van der Waals surface area contributed by atoms with Gasteiger partial charge in [-0.25, -0.2) is 4.98 Å². The van der Waals surface area contributed by atoms with Gasteiger partial charge in [0.05, 0.1) is 43.5 Å². The van der Waals surface area contributed by atoms with Crippen LogP contribution in [0, 0.1) is 0 Å². The summed E-state index contributed by atoms with van der Waals surface area (Å²) in [5.74, 6) is 1.34. The summed E-state index contributed by atoms with van der Waals surface area (Å²) in [6.45, 7) is 0. The molecule has 6 heteroatoms. The first-order valence-electron chi connectivity index (χ1n) is 8.15. The highest BCUT2D eigenvalue weighted by Crippen LogP contribution is 2.35. The molecule has 0 spiro atoms. The van der Waals surface area contributed by atoms with Gasteiger partial charge in [0.15, 0.2) is 11.5 Å². The van der Waals surface area contributed by atoms with Crippen LogP contribution in [0.25, 0.3) is 11.3 Å². The molecule has 1 aromatic carbocycles. The molecule has 3 rings (SSSR count). The minimum absolute atomic E-state index is 0.240. The van der Waals surface area contributed by atoms with Crippen molar-refractivity contribution in [3.63, 3.8) is 0 Å².